The van der Waals surface area contributed by atoms with Gasteiger partial charge in [-0.05, 0) is 50.3 Å². The first kappa shape index (κ1) is 21.9. The Morgan fingerprint density at radius 2 is 1.87 bits per heavy atom. The van der Waals surface area contributed by atoms with Crippen molar-refractivity contribution >= 4 is 24.6 Å². The van der Waals surface area contributed by atoms with Gasteiger partial charge in [-0.25, -0.2) is 4.57 Å². The highest BCUT2D eigenvalue weighted by Gasteiger charge is 2.30. The van der Waals surface area contributed by atoms with Gasteiger partial charge in [0.2, 0.25) is 0 Å². The Morgan fingerprint density at radius 3 is 2.57 bits per heavy atom. The van der Waals surface area contributed by atoms with Crippen molar-refractivity contribution in [3.05, 3.63) is 60.3 Å². The maximum absolute atomic E-state index is 13.5. The zero-order valence-corrected chi connectivity index (χ0v) is 18.1. The maximum atomic E-state index is 13.5. The van der Waals surface area contributed by atoms with E-state index in [4.69, 9.17) is 9.05 Å². The molecule has 0 aliphatic carbocycles. The summed E-state index contributed by atoms with van der Waals surface area (Å²) >= 11 is 0. The molecule has 3 rings (SSSR count). The molecule has 0 saturated carbocycles. The van der Waals surface area contributed by atoms with Crippen molar-refractivity contribution < 1.29 is 23.1 Å². The highest BCUT2D eigenvalue weighted by Crippen LogP contribution is 2.46. The van der Waals surface area contributed by atoms with Gasteiger partial charge in [-0.3, -0.25) is 4.79 Å². The lowest BCUT2D eigenvalue weighted by Crippen LogP contribution is -2.26. The van der Waals surface area contributed by atoms with Gasteiger partial charge >= 0.3 is 13.7 Å². The molecule has 0 aliphatic heterocycles. The third-order valence-electron chi connectivity index (χ3n) is 4.41. The molecule has 0 amide bonds. The summed E-state index contributed by atoms with van der Waals surface area (Å²) in [7, 11) is 1.32. The predicted molar refractivity (Wildman–Crippen MR) is 116 cm³/mol. The lowest BCUT2D eigenvalue weighted by molar-refractivity contribution is -0.139. The van der Waals surface area contributed by atoms with E-state index < -0.39 is 13.7 Å². The molecule has 0 radical (unpaired) electrons. The minimum Gasteiger partial charge on any atom is -0.468 e. The summed E-state index contributed by atoms with van der Waals surface area (Å²) in [6, 6.07) is 14.1. The van der Waals surface area contributed by atoms with Crippen LogP contribution in [0, 0.1) is 0 Å². The van der Waals surface area contributed by atoms with E-state index in [0.29, 0.717) is 11.5 Å². The summed E-state index contributed by atoms with van der Waals surface area (Å²) in [5, 5.41) is 3.42. The van der Waals surface area contributed by atoms with Gasteiger partial charge in [0.1, 0.15) is 18.0 Å². The van der Waals surface area contributed by atoms with Crippen LogP contribution in [-0.4, -0.2) is 50.1 Å². The number of nitrogens with one attached hydrogen (secondary N) is 2. The number of fused-ring (bicyclic) bond motifs is 1. The molecule has 3 aromatic rings. The highest BCUT2D eigenvalue weighted by atomic mass is 31.2. The van der Waals surface area contributed by atoms with Crippen molar-refractivity contribution in [3.63, 3.8) is 0 Å². The Bertz CT molecular complexity index is 1040. The second-order valence-electron chi connectivity index (χ2n) is 6.95. The molecular weight excluding hydrogens is 405 g/mol. The summed E-state index contributed by atoms with van der Waals surface area (Å²) in [4.78, 5) is 16.9. The number of H-pyrrole nitrogens is 1. The van der Waals surface area contributed by atoms with E-state index in [1.807, 2.05) is 32.4 Å². The van der Waals surface area contributed by atoms with Gasteiger partial charge in [0.05, 0.1) is 7.11 Å². The molecule has 2 N–H and O–H groups in total. The number of aromatic nitrogens is 1. The van der Waals surface area contributed by atoms with Crippen LogP contribution in [0.4, 0.5) is 0 Å². The van der Waals surface area contributed by atoms with Gasteiger partial charge < -0.3 is 23.7 Å². The third kappa shape index (κ3) is 5.63. The molecule has 0 saturated heterocycles. The molecule has 30 heavy (non-hydrogen) atoms. The maximum Gasteiger partial charge on any atom is 0.513 e. The Labute approximate surface area is 175 Å². The van der Waals surface area contributed by atoms with E-state index in [0.717, 1.165) is 29.4 Å². The minimum atomic E-state index is -3.94. The number of benzene rings is 2. The van der Waals surface area contributed by atoms with Gasteiger partial charge in [0.25, 0.3) is 0 Å². The molecule has 160 valence electrons. The first-order chi connectivity index (χ1) is 14.4. The SMILES string of the molecule is COC(=O)CNP(=O)(Oc1ccccc1)Oc1cccc2[nH]cc(CCN(C)C)c12. The molecule has 0 fully saturated rings. The van der Waals surface area contributed by atoms with E-state index in [9.17, 15) is 9.36 Å². The van der Waals surface area contributed by atoms with Crippen molar-refractivity contribution in [1.29, 1.82) is 0 Å². The molecule has 0 bridgehead atoms. The fourth-order valence-corrected chi connectivity index (χ4v) is 4.20. The van der Waals surface area contributed by atoms with Crippen molar-refractivity contribution in [2.24, 2.45) is 0 Å². The summed E-state index contributed by atoms with van der Waals surface area (Å²) in [6.07, 6.45) is 2.71. The zero-order valence-electron chi connectivity index (χ0n) is 17.3. The van der Waals surface area contributed by atoms with Crippen molar-refractivity contribution in [2.75, 3.05) is 34.3 Å². The van der Waals surface area contributed by atoms with Crippen LogP contribution in [0.25, 0.3) is 10.9 Å². The lowest BCUT2D eigenvalue weighted by Gasteiger charge is -2.21. The molecule has 1 aromatic heterocycles. The molecule has 1 atom stereocenters. The van der Waals surface area contributed by atoms with Gasteiger partial charge in [-0.2, -0.15) is 5.09 Å². The average molecular weight is 431 g/mol. The second-order valence-corrected chi connectivity index (χ2v) is 8.63. The quantitative estimate of drug-likeness (QED) is 0.374. The average Bonchev–Trinajstić information content (AvgIpc) is 3.15. The van der Waals surface area contributed by atoms with Crippen LogP contribution < -0.4 is 14.1 Å². The van der Waals surface area contributed by atoms with E-state index >= 15 is 0 Å². The molecule has 2 aromatic carbocycles. The predicted octanol–water partition coefficient (Wildman–Crippen LogP) is 3.60. The van der Waals surface area contributed by atoms with Crippen LogP contribution in [-0.2, 0) is 20.5 Å². The van der Waals surface area contributed by atoms with Gasteiger partial charge in [0, 0.05) is 23.6 Å². The normalized spacial score (nSPS) is 13.2. The number of methoxy groups -OCH3 is 1. The van der Waals surface area contributed by atoms with Crippen LogP contribution in [0.5, 0.6) is 11.5 Å². The fraction of sp³-hybridized carbons (Fsp3) is 0.286. The lowest BCUT2D eigenvalue weighted by atomic mass is 10.1. The topological polar surface area (TPSA) is 92.9 Å². The van der Waals surface area contributed by atoms with Crippen LogP contribution >= 0.6 is 7.75 Å². The molecular formula is C21H26N3O5P. The van der Waals surface area contributed by atoms with Gasteiger partial charge in [0.15, 0.2) is 0 Å². The second kappa shape index (κ2) is 9.80. The Balaban J connectivity index is 1.93. The van der Waals surface area contributed by atoms with Crippen molar-refractivity contribution in [1.82, 2.24) is 15.0 Å². The van der Waals surface area contributed by atoms with E-state index in [1.165, 1.54) is 7.11 Å². The fourth-order valence-electron chi connectivity index (χ4n) is 2.90. The molecule has 1 heterocycles. The Morgan fingerprint density at radius 1 is 1.10 bits per heavy atom. The molecule has 1 unspecified atom stereocenters. The van der Waals surface area contributed by atoms with Crippen LogP contribution in [0.1, 0.15) is 5.56 Å². The number of ether oxygens (including phenoxy) is 1. The highest BCUT2D eigenvalue weighted by molar-refractivity contribution is 7.52. The summed E-state index contributed by atoms with van der Waals surface area (Å²) in [5.41, 5.74) is 1.90. The number of hydrogen-bond acceptors (Lipinski definition) is 6. The van der Waals surface area contributed by atoms with Crippen LogP contribution in [0.2, 0.25) is 0 Å². The number of carbonyl (C=O) groups is 1. The number of para-hydroxylation sites is 1. The first-order valence-corrected chi connectivity index (χ1v) is 11.0. The number of carbonyl (C=O) groups excluding carboxylic acids is 1. The third-order valence-corrected chi connectivity index (χ3v) is 5.84. The number of nitrogens with zero attached hydrogens (tertiary/aromatic N) is 1. The molecule has 8 nitrogen and oxygen atoms in total. The summed E-state index contributed by atoms with van der Waals surface area (Å²) in [5.74, 6) is 0.174. The first-order valence-electron chi connectivity index (χ1n) is 9.50. The Kier molecular flexibility index (Phi) is 7.15. The minimum absolute atomic E-state index is 0.322. The van der Waals surface area contributed by atoms with Gasteiger partial charge in [-0.15, -0.1) is 0 Å². The van der Waals surface area contributed by atoms with Gasteiger partial charge in [-0.1, -0.05) is 24.3 Å². The van der Waals surface area contributed by atoms with Crippen LogP contribution in [0.15, 0.2) is 54.7 Å². The van der Waals surface area contributed by atoms with Crippen molar-refractivity contribution in [2.45, 2.75) is 6.42 Å². The van der Waals surface area contributed by atoms with E-state index in [2.05, 4.69) is 19.7 Å². The van der Waals surface area contributed by atoms with E-state index in [1.54, 1.807) is 36.4 Å². The monoisotopic (exact) mass is 431 g/mol. The zero-order chi connectivity index (χ0) is 21.6. The Hall–Kier alpha value is -2.80. The molecule has 0 aliphatic rings. The van der Waals surface area contributed by atoms with Crippen molar-refractivity contribution in [3.8, 4) is 11.5 Å². The van der Waals surface area contributed by atoms with E-state index in [-0.39, 0.29) is 6.54 Å². The number of esters is 1. The number of likely N-dealkylation sites (N-methyl/N-ethyl adjacent to an activating group) is 1. The standard InChI is InChI=1S/C21H26N3O5P/c1-24(2)13-12-16-14-22-18-10-7-11-19(21(16)18)29-30(26,23-15-20(25)27-3)28-17-8-5-4-6-9-17/h4-11,14,22H,12-13,15H2,1-3H3,(H,23,26). The number of aromatic amines is 1. The number of hydrogen-bond donors (Lipinski definition) is 2. The largest absolute Gasteiger partial charge is 0.513 e. The number of rotatable bonds is 10. The van der Waals surface area contributed by atoms with Crippen LogP contribution in [0.3, 0.4) is 0 Å². The summed E-state index contributed by atoms with van der Waals surface area (Å²) < 4.78 is 29.7. The molecule has 0 spiro atoms. The summed E-state index contributed by atoms with van der Waals surface area (Å²) in [6.45, 7) is 0.525. The molecule has 9 heteroatoms. The smallest absolute Gasteiger partial charge is 0.468 e.